The van der Waals surface area contributed by atoms with Crippen molar-refractivity contribution in [2.75, 3.05) is 18.0 Å². The van der Waals surface area contributed by atoms with Crippen LogP contribution < -0.4 is 4.90 Å². The lowest BCUT2D eigenvalue weighted by atomic mass is 10.1. The fourth-order valence-corrected chi connectivity index (χ4v) is 2.55. The minimum absolute atomic E-state index is 1.11. The maximum Gasteiger partial charge on any atom is 0.0366 e. The van der Waals surface area contributed by atoms with Crippen LogP contribution >= 0.6 is 0 Å². The molecule has 1 aromatic carbocycles. The standard InChI is InChI=1S/C18H31N/c1-3-5-6-7-8-9-10-14-17-19(4-2)18-15-12-11-13-16-18/h11-13,15-16H,3-10,14,17H2,1-2H3. The van der Waals surface area contributed by atoms with Crippen LogP contribution in [0.4, 0.5) is 5.69 Å². The first-order chi connectivity index (χ1) is 9.38. The molecular weight excluding hydrogens is 230 g/mol. The first kappa shape index (κ1) is 16.1. The summed E-state index contributed by atoms with van der Waals surface area (Å²) in [5.41, 5.74) is 1.37. The van der Waals surface area contributed by atoms with Crippen LogP contribution in [0.1, 0.15) is 65.2 Å². The molecule has 0 aromatic heterocycles. The zero-order chi connectivity index (χ0) is 13.8. The number of unbranched alkanes of at least 4 members (excludes halogenated alkanes) is 7. The summed E-state index contributed by atoms with van der Waals surface area (Å²) in [6.45, 7) is 6.84. The van der Waals surface area contributed by atoms with E-state index in [0.717, 1.165) is 6.54 Å². The van der Waals surface area contributed by atoms with Crippen molar-refractivity contribution in [1.29, 1.82) is 0 Å². The quantitative estimate of drug-likeness (QED) is 0.465. The average Bonchev–Trinajstić information content (AvgIpc) is 2.47. The van der Waals surface area contributed by atoms with Crippen molar-refractivity contribution < 1.29 is 0 Å². The highest BCUT2D eigenvalue weighted by Gasteiger charge is 2.02. The van der Waals surface area contributed by atoms with Gasteiger partial charge in [-0.2, -0.15) is 0 Å². The third-order valence-electron chi connectivity index (χ3n) is 3.78. The lowest BCUT2D eigenvalue weighted by Crippen LogP contribution is -2.23. The molecule has 0 bridgehead atoms. The molecule has 0 aliphatic rings. The van der Waals surface area contributed by atoms with Gasteiger partial charge in [0.25, 0.3) is 0 Å². The Morgan fingerprint density at radius 1 is 0.737 bits per heavy atom. The molecule has 0 radical (unpaired) electrons. The molecule has 0 N–H and O–H groups in total. The third kappa shape index (κ3) is 7.25. The van der Waals surface area contributed by atoms with Gasteiger partial charge < -0.3 is 4.90 Å². The molecular formula is C18H31N. The molecule has 0 heterocycles. The lowest BCUT2D eigenvalue weighted by molar-refractivity contribution is 0.572. The molecule has 0 saturated carbocycles. The van der Waals surface area contributed by atoms with Crippen LogP contribution in [0.15, 0.2) is 30.3 Å². The van der Waals surface area contributed by atoms with Crippen molar-refractivity contribution in [1.82, 2.24) is 0 Å². The Kier molecular flexibility index (Phi) is 9.22. The van der Waals surface area contributed by atoms with Crippen molar-refractivity contribution in [2.24, 2.45) is 0 Å². The first-order valence-electron chi connectivity index (χ1n) is 8.18. The summed E-state index contributed by atoms with van der Waals surface area (Å²) < 4.78 is 0. The van der Waals surface area contributed by atoms with Crippen LogP contribution in [0.3, 0.4) is 0 Å². The summed E-state index contributed by atoms with van der Waals surface area (Å²) in [7, 11) is 0. The second kappa shape index (κ2) is 10.9. The van der Waals surface area contributed by atoms with Crippen molar-refractivity contribution in [2.45, 2.75) is 65.2 Å². The van der Waals surface area contributed by atoms with E-state index in [0.29, 0.717) is 0 Å². The van der Waals surface area contributed by atoms with E-state index in [1.165, 1.54) is 63.6 Å². The van der Waals surface area contributed by atoms with Gasteiger partial charge in [-0.3, -0.25) is 0 Å². The van der Waals surface area contributed by atoms with Crippen molar-refractivity contribution in [3.8, 4) is 0 Å². The summed E-state index contributed by atoms with van der Waals surface area (Å²) in [4.78, 5) is 2.48. The summed E-state index contributed by atoms with van der Waals surface area (Å²) >= 11 is 0. The predicted octanol–water partition coefficient (Wildman–Crippen LogP) is 5.65. The minimum Gasteiger partial charge on any atom is -0.372 e. The van der Waals surface area contributed by atoms with Crippen molar-refractivity contribution >= 4 is 5.69 Å². The van der Waals surface area contributed by atoms with E-state index in [1.807, 2.05) is 0 Å². The molecule has 1 aromatic rings. The molecule has 0 amide bonds. The van der Waals surface area contributed by atoms with E-state index in [4.69, 9.17) is 0 Å². The monoisotopic (exact) mass is 261 g/mol. The molecule has 0 aliphatic carbocycles. The predicted molar refractivity (Wildman–Crippen MR) is 86.9 cm³/mol. The SMILES string of the molecule is CCCCCCCCCCN(CC)c1ccccc1. The summed E-state index contributed by atoms with van der Waals surface area (Å²) in [6, 6.07) is 10.8. The fraction of sp³-hybridized carbons (Fsp3) is 0.667. The maximum absolute atomic E-state index is 2.48. The second-order valence-corrected chi connectivity index (χ2v) is 5.39. The molecule has 1 rings (SSSR count). The fourth-order valence-electron chi connectivity index (χ4n) is 2.55. The van der Waals surface area contributed by atoms with Crippen LogP contribution in [-0.4, -0.2) is 13.1 Å². The highest BCUT2D eigenvalue weighted by molar-refractivity contribution is 5.45. The zero-order valence-corrected chi connectivity index (χ0v) is 12.9. The summed E-state index contributed by atoms with van der Waals surface area (Å²) in [5, 5.41) is 0. The third-order valence-corrected chi connectivity index (χ3v) is 3.78. The van der Waals surface area contributed by atoms with Crippen molar-refractivity contribution in [3.63, 3.8) is 0 Å². The Hall–Kier alpha value is -0.980. The van der Waals surface area contributed by atoms with Gasteiger partial charge in [0, 0.05) is 18.8 Å². The van der Waals surface area contributed by atoms with E-state index in [9.17, 15) is 0 Å². The Morgan fingerprint density at radius 3 is 1.89 bits per heavy atom. The van der Waals surface area contributed by atoms with Gasteiger partial charge in [0.05, 0.1) is 0 Å². The van der Waals surface area contributed by atoms with Crippen LogP contribution in [0.5, 0.6) is 0 Å². The highest BCUT2D eigenvalue weighted by Crippen LogP contribution is 2.14. The molecule has 0 fully saturated rings. The van der Waals surface area contributed by atoms with E-state index >= 15 is 0 Å². The van der Waals surface area contributed by atoms with Crippen LogP contribution in [0.25, 0.3) is 0 Å². The van der Waals surface area contributed by atoms with Crippen molar-refractivity contribution in [3.05, 3.63) is 30.3 Å². The summed E-state index contributed by atoms with van der Waals surface area (Å²) in [6.07, 6.45) is 11.2. The van der Waals surface area contributed by atoms with Gasteiger partial charge in [-0.25, -0.2) is 0 Å². The topological polar surface area (TPSA) is 3.24 Å². The molecule has 0 atom stereocenters. The van der Waals surface area contributed by atoms with Gasteiger partial charge in [-0.1, -0.05) is 70.1 Å². The molecule has 0 saturated heterocycles. The number of rotatable bonds is 11. The smallest absolute Gasteiger partial charge is 0.0366 e. The zero-order valence-electron chi connectivity index (χ0n) is 12.9. The van der Waals surface area contributed by atoms with Crippen LogP contribution in [0.2, 0.25) is 0 Å². The Balaban J connectivity index is 2.07. The second-order valence-electron chi connectivity index (χ2n) is 5.39. The van der Waals surface area contributed by atoms with E-state index in [2.05, 4.69) is 49.1 Å². The molecule has 19 heavy (non-hydrogen) atoms. The highest BCUT2D eigenvalue weighted by atomic mass is 15.1. The maximum atomic E-state index is 2.48. The van der Waals surface area contributed by atoms with Crippen LogP contribution in [-0.2, 0) is 0 Å². The minimum atomic E-state index is 1.11. The van der Waals surface area contributed by atoms with Gasteiger partial charge in [0.2, 0.25) is 0 Å². The van der Waals surface area contributed by atoms with Gasteiger partial charge >= 0.3 is 0 Å². The molecule has 108 valence electrons. The first-order valence-corrected chi connectivity index (χ1v) is 8.18. The molecule has 1 nitrogen and oxygen atoms in total. The van der Waals surface area contributed by atoms with E-state index in [1.54, 1.807) is 0 Å². The van der Waals surface area contributed by atoms with Gasteiger partial charge in [-0.15, -0.1) is 0 Å². The van der Waals surface area contributed by atoms with Gasteiger partial charge in [-0.05, 0) is 25.5 Å². The number of para-hydroxylation sites is 1. The summed E-state index contributed by atoms with van der Waals surface area (Å²) in [5.74, 6) is 0. The lowest BCUT2D eigenvalue weighted by Gasteiger charge is -2.23. The van der Waals surface area contributed by atoms with E-state index < -0.39 is 0 Å². The number of anilines is 1. The Bertz CT molecular complexity index is 294. The number of nitrogens with zero attached hydrogens (tertiary/aromatic N) is 1. The Labute approximate surface area is 120 Å². The number of benzene rings is 1. The van der Waals surface area contributed by atoms with Gasteiger partial charge in [0.15, 0.2) is 0 Å². The average molecular weight is 261 g/mol. The molecule has 1 heteroatoms. The number of hydrogen-bond donors (Lipinski definition) is 0. The number of hydrogen-bond acceptors (Lipinski definition) is 1. The molecule has 0 spiro atoms. The largest absolute Gasteiger partial charge is 0.372 e. The normalized spacial score (nSPS) is 10.6. The molecule has 0 aliphatic heterocycles. The van der Waals surface area contributed by atoms with Crippen LogP contribution in [0, 0.1) is 0 Å². The van der Waals surface area contributed by atoms with Gasteiger partial charge in [0.1, 0.15) is 0 Å². The Morgan fingerprint density at radius 2 is 1.32 bits per heavy atom. The molecule has 0 unspecified atom stereocenters. The van der Waals surface area contributed by atoms with E-state index in [-0.39, 0.29) is 0 Å².